The lowest BCUT2D eigenvalue weighted by atomic mass is 10.2. The van der Waals surface area contributed by atoms with Crippen molar-refractivity contribution in [3.8, 4) is 0 Å². The third kappa shape index (κ3) is 3.07. The first-order chi connectivity index (χ1) is 7.36. The van der Waals surface area contributed by atoms with Crippen molar-refractivity contribution in [3.05, 3.63) is 60.3 Å². The van der Waals surface area contributed by atoms with Gasteiger partial charge in [0.15, 0.2) is 0 Å². The fourth-order valence-corrected chi connectivity index (χ4v) is 1.21. The number of carbonyl (C=O) groups is 1. The van der Waals surface area contributed by atoms with E-state index < -0.39 is 0 Å². The Balaban J connectivity index is 0.00000128. The fraction of sp³-hybridized carbons (Fsp3) is 0. The van der Waals surface area contributed by atoms with Crippen LogP contribution < -0.4 is 5.32 Å². The third-order valence-corrected chi connectivity index (χ3v) is 1.94. The quantitative estimate of drug-likeness (QED) is 0.868. The number of nitrogens with one attached hydrogen (secondary N) is 1. The molecule has 1 heterocycles. The van der Waals surface area contributed by atoms with Crippen LogP contribution in [0.4, 0.5) is 5.82 Å². The van der Waals surface area contributed by atoms with Gasteiger partial charge in [0.1, 0.15) is 5.82 Å². The van der Waals surface area contributed by atoms with Crippen molar-refractivity contribution < 1.29 is 4.79 Å². The molecule has 0 spiro atoms. The summed E-state index contributed by atoms with van der Waals surface area (Å²) in [5.41, 5.74) is 0.628. The molecule has 2 rings (SSSR count). The van der Waals surface area contributed by atoms with Crippen LogP contribution in [0.3, 0.4) is 0 Å². The number of amides is 1. The number of carbonyl (C=O) groups excluding carboxylic acids is 1. The van der Waals surface area contributed by atoms with Crippen LogP contribution in [0.5, 0.6) is 0 Å². The molecule has 1 N–H and O–H groups in total. The Morgan fingerprint density at radius 2 is 1.69 bits per heavy atom. The fourth-order valence-electron chi connectivity index (χ4n) is 1.21. The highest BCUT2D eigenvalue weighted by atomic mass is 35.5. The summed E-state index contributed by atoms with van der Waals surface area (Å²) >= 11 is 0. The van der Waals surface area contributed by atoms with Crippen LogP contribution in [-0.2, 0) is 0 Å². The smallest absolute Gasteiger partial charge is 0.256 e. The molecule has 1 amide bonds. The van der Waals surface area contributed by atoms with Gasteiger partial charge in [-0.1, -0.05) is 24.3 Å². The van der Waals surface area contributed by atoms with Crippen molar-refractivity contribution in [1.29, 1.82) is 0 Å². The predicted octanol–water partition coefficient (Wildman–Crippen LogP) is 2.76. The lowest BCUT2D eigenvalue weighted by Crippen LogP contribution is -2.12. The van der Waals surface area contributed by atoms with Crippen molar-refractivity contribution in [2.45, 2.75) is 0 Å². The van der Waals surface area contributed by atoms with E-state index in [0.717, 1.165) is 0 Å². The zero-order valence-electron chi connectivity index (χ0n) is 8.46. The van der Waals surface area contributed by atoms with E-state index in [0.29, 0.717) is 11.4 Å². The van der Waals surface area contributed by atoms with Crippen LogP contribution in [0.2, 0.25) is 0 Å². The molecule has 1 aromatic heterocycles. The molecular formula is C12H11ClN2O. The molecule has 0 unspecified atom stereocenters. The second-order valence-electron chi connectivity index (χ2n) is 3.04. The number of nitrogens with zero attached hydrogens (tertiary/aromatic N) is 1. The molecule has 0 aliphatic heterocycles. The molecule has 0 aliphatic rings. The number of aromatic nitrogens is 1. The molecule has 0 atom stereocenters. The van der Waals surface area contributed by atoms with E-state index in [1.165, 1.54) is 0 Å². The zero-order chi connectivity index (χ0) is 10.5. The Hall–Kier alpha value is -1.87. The van der Waals surface area contributed by atoms with Crippen molar-refractivity contribution in [2.75, 3.05) is 5.32 Å². The third-order valence-electron chi connectivity index (χ3n) is 1.94. The van der Waals surface area contributed by atoms with Crippen LogP contribution in [0.1, 0.15) is 10.4 Å². The molecule has 3 nitrogen and oxygen atoms in total. The normalized spacial score (nSPS) is 9.00. The van der Waals surface area contributed by atoms with Crippen LogP contribution in [-0.4, -0.2) is 10.9 Å². The second-order valence-corrected chi connectivity index (χ2v) is 3.04. The Kier molecular flexibility index (Phi) is 4.48. The van der Waals surface area contributed by atoms with Gasteiger partial charge in [-0.05, 0) is 24.3 Å². The van der Waals surface area contributed by atoms with E-state index in [1.54, 1.807) is 30.5 Å². The van der Waals surface area contributed by atoms with Gasteiger partial charge in [-0.3, -0.25) is 4.79 Å². The van der Waals surface area contributed by atoms with Gasteiger partial charge in [0.2, 0.25) is 0 Å². The maximum absolute atomic E-state index is 11.7. The van der Waals surface area contributed by atoms with Crippen LogP contribution in [0, 0.1) is 0 Å². The minimum Gasteiger partial charge on any atom is -0.307 e. The Morgan fingerprint density at radius 3 is 2.31 bits per heavy atom. The molecule has 1 aromatic carbocycles. The highest BCUT2D eigenvalue weighted by Gasteiger charge is 2.04. The van der Waals surface area contributed by atoms with Gasteiger partial charge in [0.25, 0.3) is 5.91 Å². The highest BCUT2D eigenvalue weighted by molar-refractivity contribution is 6.03. The Bertz CT molecular complexity index is 445. The van der Waals surface area contributed by atoms with Crippen LogP contribution >= 0.6 is 12.4 Å². The summed E-state index contributed by atoms with van der Waals surface area (Å²) in [6.07, 6.45) is 1.64. The molecular weight excluding hydrogens is 224 g/mol. The number of pyridine rings is 1. The summed E-state index contributed by atoms with van der Waals surface area (Å²) in [6.45, 7) is 0. The summed E-state index contributed by atoms with van der Waals surface area (Å²) in [6, 6.07) is 14.4. The average Bonchev–Trinajstić information content (AvgIpc) is 2.31. The maximum Gasteiger partial charge on any atom is 0.256 e. The molecule has 2 aromatic rings. The second kappa shape index (κ2) is 5.88. The minimum atomic E-state index is -0.144. The number of rotatable bonds is 2. The maximum atomic E-state index is 11.7. The molecule has 0 aliphatic carbocycles. The predicted molar refractivity (Wildman–Crippen MR) is 65.9 cm³/mol. The summed E-state index contributed by atoms with van der Waals surface area (Å²) in [5.74, 6) is 0.417. The lowest BCUT2D eigenvalue weighted by Gasteiger charge is -2.02. The van der Waals surface area contributed by atoms with Gasteiger partial charge in [-0.15, -0.1) is 12.4 Å². The number of benzene rings is 1. The molecule has 0 radical (unpaired) electrons. The first kappa shape index (κ1) is 12.2. The molecule has 0 saturated carbocycles. The first-order valence-corrected chi connectivity index (χ1v) is 4.64. The van der Waals surface area contributed by atoms with E-state index in [-0.39, 0.29) is 18.3 Å². The molecule has 82 valence electrons. The van der Waals surface area contributed by atoms with Crippen molar-refractivity contribution in [3.63, 3.8) is 0 Å². The minimum absolute atomic E-state index is 0. The van der Waals surface area contributed by atoms with Crippen molar-refractivity contribution in [1.82, 2.24) is 4.98 Å². The number of hydrogen-bond donors (Lipinski definition) is 1. The first-order valence-electron chi connectivity index (χ1n) is 4.64. The largest absolute Gasteiger partial charge is 0.307 e. The van der Waals surface area contributed by atoms with E-state index in [2.05, 4.69) is 10.3 Å². The standard InChI is InChI=1S/C12H10N2O.ClH/c15-12(10-6-2-1-3-7-10)14-11-8-4-5-9-13-11;/h1-9H,(H,13,14,15);1H. The Morgan fingerprint density at radius 1 is 1.00 bits per heavy atom. The monoisotopic (exact) mass is 234 g/mol. The molecule has 0 bridgehead atoms. The number of hydrogen-bond acceptors (Lipinski definition) is 2. The summed E-state index contributed by atoms with van der Waals surface area (Å²) in [7, 11) is 0. The summed E-state index contributed by atoms with van der Waals surface area (Å²) in [5, 5.41) is 2.71. The molecule has 0 fully saturated rings. The van der Waals surface area contributed by atoms with Gasteiger partial charge >= 0.3 is 0 Å². The molecule has 0 saturated heterocycles. The summed E-state index contributed by atoms with van der Waals surface area (Å²) in [4.78, 5) is 15.7. The van der Waals surface area contributed by atoms with Crippen molar-refractivity contribution >= 4 is 24.1 Å². The van der Waals surface area contributed by atoms with Gasteiger partial charge in [0.05, 0.1) is 0 Å². The van der Waals surface area contributed by atoms with Gasteiger partial charge in [0, 0.05) is 11.8 Å². The Labute approximate surface area is 99.9 Å². The summed E-state index contributed by atoms with van der Waals surface area (Å²) < 4.78 is 0. The molecule has 4 heteroatoms. The number of halogens is 1. The topological polar surface area (TPSA) is 42.0 Å². The van der Waals surface area contributed by atoms with Gasteiger partial charge in [-0.2, -0.15) is 0 Å². The zero-order valence-corrected chi connectivity index (χ0v) is 9.28. The van der Waals surface area contributed by atoms with Crippen molar-refractivity contribution in [2.24, 2.45) is 0 Å². The van der Waals surface area contributed by atoms with Crippen LogP contribution in [0.15, 0.2) is 54.7 Å². The molecule has 16 heavy (non-hydrogen) atoms. The van der Waals surface area contributed by atoms with E-state index >= 15 is 0 Å². The van der Waals surface area contributed by atoms with E-state index in [9.17, 15) is 4.79 Å². The van der Waals surface area contributed by atoms with Gasteiger partial charge < -0.3 is 5.32 Å². The van der Waals surface area contributed by atoms with E-state index in [1.807, 2.05) is 24.3 Å². The van der Waals surface area contributed by atoms with Crippen LogP contribution in [0.25, 0.3) is 0 Å². The number of anilines is 1. The van der Waals surface area contributed by atoms with Gasteiger partial charge in [-0.25, -0.2) is 4.98 Å². The lowest BCUT2D eigenvalue weighted by molar-refractivity contribution is 0.102. The van der Waals surface area contributed by atoms with E-state index in [4.69, 9.17) is 0 Å². The SMILES string of the molecule is Cl.O=C(Nc1ccccn1)c1ccccc1. The highest BCUT2D eigenvalue weighted by Crippen LogP contribution is 2.04. The average molecular weight is 235 g/mol.